The van der Waals surface area contributed by atoms with E-state index in [0.717, 1.165) is 34.7 Å². The second-order valence-corrected chi connectivity index (χ2v) is 8.90. The van der Waals surface area contributed by atoms with Crippen LogP contribution in [0.2, 0.25) is 0 Å². The number of benzene rings is 2. The molecule has 0 saturated carbocycles. The highest BCUT2D eigenvalue weighted by Crippen LogP contribution is 2.27. The molecule has 0 fully saturated rings. The maximum Gasteiger partial charge on any atom is 0.327 e. The van der Waals surface area contributed by atoms with Crippen molar-refractivity contribution in [3.63, 3.8) is 0 Å². The highest BCUT2D eigenvalue weighted by molar-refractivity contribution is 7.92. The summed E-state index contributed by atoms with van der Waals surface area (Å²) in [6.45, 7) is 1.40. The third-order valence-electron chi connectivity index (χ3n) is 4.83. The third-order valence-corrected chi connectivity index (χ3v) is 5.95. The summed E-state index contributed by atoms with van der Waals surface area (Å²) in [6, 6.07) is 14.5. The van der Waals surface area contributed by atoms with Crippen LogP contribution in [0, 0.1) is 6.92 Å². The van der Waals surface area contributed by atoms with E-state index in [4.69, 9.17) is 4.74 Å². The smallest absolute Gasteiger partial charge is 0.327 e. The summed E-state index contributed by atoms with van der Waals surface area (Å²) in [5.41, 5.74) is 3.04. The zero-order valence-electron chi connectivity index (χ0n) is 16.5. The Morgan fingerprint density at radius 3 is 2.52 bits per heavy atom. The van der Waals surface area contributed by atoms with Crippen molar-refractivity contribution in [3.8, 4) is 0 Å². The second-order valence-electron chi connectivity index (χ2n) is 6.99. The fourth-order valence-corrected chi connectivity index (χ4v) is 4.30. The molecule has 2 aromatic carbocycles. The van der Waals surface area contributed by atoms with E-state index in [1.165, 1.54) is 0 Å². The largest absolute Gasteiger partial charge is 0.454 e. The van der Waals surface area contributed by atoms with Crippen molar-refractivity contribution < 1.29 is 22.7 Å². The second kappa shape index (κ2) is 8.65. The van der Waals surface area contributed by atoms with Gasteiger partial charge in [-0.05, 0) is 43.0 Å². The Morgan fingerprint density at radius 2 is 1.79 bits per heavy atom. The van der Waals surface area contributed by atoms with Crippen LogP contribution in [0.4, 0.5) is 11.4 Å². The predicted octanol–water partition coefficient (Wildman–Crippen LogP) is 2.28. The molecule has 0 bridgehead atoms. The molecule has 0 saturated heterocycles. The van der Waals surface area contributed by atoms with E-state index in [2.05, 4.69) is 0 Å². The highest BCUT2D eigenvalue weighted by Gasteiger charge is 2.26. The molecule has 0 aromatic heterocycles. The van der Waals surface area contributed by atoms with Crippen LogP contribution in [0.3, 0.4) is 0 Å². The molecule has 3 rings (SSSR count). The first kappa shape index (κ1) is 20.9. The summed E-state index contributed by atoms with van der Waals surface area (Å²) < 4.78 is 30.5. The zero-order chi connectivity index (χ0) is 21.0. The normalized spacial score (nSPS) is 13.5. The summed E-state index contributed by atoms with van der Waals surface area (Å²) in [4.78, 5) is 26.5. The maximum absolute atomic E-state index is 12.6. The molecule has 7 nitrogen and oxygen atoms in total. The number of rotatable bonds is 6. The molecular weight excluding hydrogens is 392 g/mol. The van der Waals surface area contributed by atoms with Crippen LogP contribution in [-0.2, 0) is 30.8 Å². The number of nitrogens with zero attached hydrogens (tertiary/aromatic N) is 2. The average Bonchev–Trinajstić information content (AvgIpc) is 2.69. The zero-order valence-corrected chi connectivity index (χ0v) is 17.3. The molecular formula is C21H24N2O5S. The molecule has 1 aliphatic heterocycles. The van der Waals surface area contributed by atoms with Gasteiger partial charge in [0.25, 0.3) is 5.91 Å². The number of fused-ring (bicyclic) bond motifs is 1. The Balaban J connectivity index is 1.66. The van der Waals surface area contributed by atoms with Gasteiger partial charge in [-0.1, -0.05) is 36.4 Å². The van der Waals surface area contributed by atoms with Gasteiger partial charge in [-0.2, -0.15) is 0 Å². The van der Waals surface area contributed by atoms with Crippen molar-refractivity contribution in [2.75, 3.05) is 35.2 Å². The fraction of sp³-hybridized carbons (Fsp3) is 0.333. The lowest BCUT2D eigenvalue weighted by molar-refractivity contribution is -0.146. The van der Waals surface area contributed by atoms with Crippen LogP contribution in [0.5, 0.6) is 0 Å². The molecule has 0 aliphatic carbocycles. The maximum atomic E-state index is 12.6. The van der Waals surface area contributed by atoms with E-state index in [1.807, 2.05) is 24.3 Å². The number of carbonyl (C=O) groups excluding carboxylic acids is 2. The number of sulfonamides is 1. The van der Waals surface area contributed by atoms with Crippen LogP contribution in [0.25, 0.3) is 0 Å². The van der Waals surface area contributed by atoms with E-state index in [1.54, 1.807) is 36.1 Å². The predicted molar refractivity (Wildman–Crippen MR) is 111 cm³/mol. The van der Waals surface area contributed by atoms with Crippen LogP contribution >= 0.6 is 0 Å². The molecule has 0 radical (unpaired) electrons. The van der Waals surface area contributed by atoms with Gasteiger partial charge in [-0.15, -0.1) is 0 Å². The molecule has 0 atom stereocenters. The summed E-state index contributed by atoms with van der Waals surface area (Å²) in [6.07, 6.45) is 2.77. The Kier molecular flexibility index (Phi) is 6.22. The molecule has 0 spiro atoms. The molecule has 29 heavy (non-hydrogen) atoms. The van der Waals surface area contributed by atoms with Crippen molar-refractivity contribution in [3.05, 3.63) is 59.7 Å². The summed E-state index contributed by atoms with van der Waals surface area (Å²) >= 11 is 0. The lowest BCUT2D eigenvalue weighted by Crippen LogP contribution is -2.40. The van der Waals surface area contributed by atoms with Crippen LogP contribution < -0.4 is 9.21 Å². The Hall–Kier alpha value is -2.87. The lowest BCUT2D eigenvalue weighted by atomic mass is 10.0. The van der Waals surface area contributed by atoms with Gasteiger partial charge in [0.05, 0.1) is 11.9 Å². The van der Waals surface area contributed by atoms with Crippen molar-refractivity contribution in [1.82, 2.24) is 0 Å². The number of aryl methyl sites for hydroxylation is 2. The Bertz CT molecular complexity index is 1020. The van der Waals surface area contributed by atoms with Gasteiger partial charge in [0.2, 0.25) is 10.0 Å². The van der Waals surface area contributed by atoms with Gasteiger partial charge in [0, 0.05) is 12.2 Å². The number of para-hydroxylation sites is 2. The molecule has 0 N–H and O–H groups in total. The first-order valence-electron chi connectivity index (χ1n) is 9.34. The fourth-order valence-electron chi connectivity index (χ4n) is 3.40. The first-order valence-corrected chi connectivity index (χ1v) is 11.2. The van der Waals surface area contributed by atoms with E-state index in [-0.39, 0.29) is 5.91 Å². The number of ether oxygens (including phenoxy) is 1. The molecule has 2 aromatic rings. The topological polar surface area (TPSA) is 84.0 Å². The third kappa shape index (κ3) is 4.95. The first-order chi connectivity index (χ1) is 13.8. The number of amides is 1. The quantitative estimate of drug-likeness (QED) is 0.675. The lowest BCUT2D eigenvalue weighted by Gasteiger charge is -2.29. The van der Waals surface area contributed by atoms with Gasteiger partial charge in [-0.25, -0.2) is 8.42 Å². The van der Waals surface area contributed by atoms with Crippen molar-refractivity contribution in [2.24, 2.45) is 0 Å². The SMILES string of the molecule is Cc1ccccc1N(CC(=O)OCC(=O)N1CCCc2ccccc21)S(C)(=O)=O. The van der Waals surface area contributed by atoms with Gasteiger partial charge in [-0.3, -0.25) is 13.9 Å². The number of carbonyl (C=O) groups is 2. The minimum atomic E-state index is -3.70. The number of hydrogen-bond donors (Lipinski definition) is 0. The van der Waals surface area contributed by atoms with E-state index >= 15 is 0 Å². The van der Waals surface area contributed by atoms with Gasteiger partial charge < -0.3 is 9.64 Å². The van der Waals surface area contributed by atoms with E-state index < -0.39 is 29.1 Å². The molecule has 0 unspecified atom stereocenters. The Morgan fingerprint density at radius 1 is 1.10 bits per heavy atom. The van der Waals surface area contributed by atoms with Crippen LogP contribution in [0.15, 0.2) is 48.5 Å². The molecule has 8 heteroatoms. The minimum Gasteiger partial charge on any atom is -0.454 e. The summed E-state index contributed by atoms with van der Waals surface area (Å²) in [7, 11) is -3.70. The molecule has 1 amide bonds. The van der Waals surface area contributed by atoms with Gasteiger partial charge >= 0.3 is 5.97 Å². The summed E-state index contributed by atoms with van der Waals surface area (Å²) in [5.74, 6) is -1.11. The van der Waals surface area contributed by atoms with Gasteiger partial charge in [0.15, 0.2) is 6.61 Å². The average molecular weight is 416 g/mol. The van der Waals surface area contributed by atoms with Crippen LogP contribution in [-0.4, -0.2) is 46.2 Å². The minimum absolute atomic E-state index is 0.327. The molecule has 1 heterocycles. The van der Waals surface area contributed by atoms with E-state index in [0.29, 0.717) is 17.8 Å². The standard InChI is InChI=1S/C21H24N2O5S/c1-16-8-3-5-11-18(16)23(29(2,26)27)14-21(25)28-15-20(24)22-13-7-10-17-9-4-6-12-19(17)22/h3-6,8-9,11-12H,7,10,13-15H2,1-2H3. The number of esters is 1. The van der Waals surface area contributed by atoms with Gasteiger partial charge in [0.1, 0.15) is 6.54 Å². The van der Waals surface area contributed by atoms with E-state index in [9.17, 15) is 18.0 Å². The number of anilines is 2. The number of hydrogen-bond acceptors (Lipinski definition) is 5. The Labute approximate surface area is 170 Å². The highest BCUT2D eigenvalue weighted by atomic mass is 32.2. The van der Waals surface area contributed by atoms with Crippen molar-refractivity contribution in [1.29, 1.82) is 0 Å². The van der Waals surface area contributed by atoms with Crippen LogP contribution in [0.1, 0.15) is 17.5 Å². The van der Waals surface area contributed by atoms with Crippen molar-refractivity contribution in [2.45, 2.75) is 19.8 Å². The summed E-state index contributed by atoms with van der Waals surface area (Å²) in [5, 5.41) is 0. The van der Waals surface area contributed by atoms with Crippen molar-refractivity contribution >= 4 is 33.3 Å². The molecule has 1 aliphatic rings. The molecule has 154 valence electrons. The monoisotopic (exact) mass is 416 g/mol.